The number of aromatic nitrogens is 3. The number of rotatable bonds is 4. The molecule has 3 rings (SSSR count). The van der Waals surface area contributed by atoms with Gasteiger partial charge >= 0.3 is 0 Å². The summed E-state index contributed by atoms with van der Waals surface area (Å²) < 4.78 is 2.89. The lowest BCUT2D eigenvalue weighted by Gasteiger charge is -2.19. The summed E-state index contributed by atoms with van der Waals surface area (Å²) in [5, 5.41) is 8.90. The Labute approximate surface area is 132 Å². The van der Waals surface area contributed by atoms with E-state index in [1.165, 1.54) is 0 Å². The standard InChI is InChI=1S/C16H17BrN4/c1-3-18-16(14-8-9-19-21(14)2)15-12(17)10-11-6-4-5-7-13(11)20-15/h4-10,16,18H,3H2,1-2H3. The van der Waals surface area contributed by atoms with Crippen LogP contribution in [0.5, 0.6) is 0 Å². The van der Waals surface area contributed by atoms with E-state index in [1.54, 1.807) is 0 Å². The van der Waals surface area contributed by atoms with Gasteiger partial charge in [0.1, 0.15) is 0 Å². The molecule has 0 spiro atoms. The second-order valence-corrected chi connectivity index (χ2v) is 5.77. The molecule has 0 fully saturated rings. The van der Waals surface area contributed by atoms with Crippen molar-refractivity contribution in [2.45, 2.75) is 13.0 Å². The molecule has 1 unspecified atom stereocenters. The molecule has 0 amide bonds. The van der Waals surface area contributed by atoms with Crippen molar-refractivity contribution in [1.82, 2.24) is 20.1 Å². The molecule has 0 radical (unpaired) electrons. The fourth-order valence-electron chi connectivity index (χ4n) is 2.52. The molecule has 5 heteroatoms. The second kappa shape index (κ2) is 5.95. The summed E-state index contributed by atoms with van der Waals surface area (Å²) in [4.78, 5) is 4.84. The van der Waals surface area contributed by atoms with Crippen molar-refractivity contribution in [1.29, 1.82) is 0 Å². The van der Waals surface area contributed by atoms with Gasteiger partial charge in [0.2, 0.25) is 0 Å². The quantitative estimate of drug-likeness (QED) is 0.788. The average Bonchev–Trinajstić information content (AvgIpc) is 2.90. The Morgan fingerprint density at radius 2 is 2.10 bits per heavy atom. The molecule has 0 aliphatic rings. The van der Waals surface area contributed by atoms with Gasteiger partial charge in [0.15, 0.2) is 0 Å². The first-order chi connectivity index (χ1) is 10.2. The number of aryl methyl sites for hydroxylation is 1. The first-order valence-corrected chi connectivity index (χ1v) is 7.76. The third kappa shape index (κ3) is 2.71. The number of nitrogens with one attached hydrogen (secondary N) is 1. The van der Waals surface area contributed by atoms with Gasteiger partial charge in [-0.15, -0.1) is 0 Å². The van der Waals surface area contributed by atoms with Crippen molar-refractivity contribution in [3.63, 3.8) is 0 Å². The van der Waals surface area contributed by atoms with Crippen molar-refractivity contribution < 1.29 is 0 Å². The van der Waals surface area contributed by atoms with Gasteiger partial charge in [-0.3, -0.25) is 4.68 Å². The lowest BCUT2D eigenvalue weighted by atomic mass is 10.1. The Hall–Kier alpha value is -1.72. The van der Waals surface area contributed by atoms with Crippen LogP contribution >= 0.6 is 15.9 Å². The van der Waals surface area contributed by atoms with E-state index in [-0.39, 0.29) is 6.04 Å². The van der Waals surface area contributed by atoms with E-state index >= 15 is 0 Å². The molecule has 21 heavy (non-hydrogen) atoms. The molecule has 1 aromatic carbocycles. The summed E-state index contributed by atoms with van der Waals surface area (Å²) in [6.45, 7) is 2.95. The Bertz CT molecular complexity index is 766. The number of hydrogen-bond acceptors (Lipinski definition) is 3. The number of halogens is 1. The summed E-state index contributed by atoms with van der Waals surface area (Å²) in [5.74, 6) is 0. The lowest BCUT2D eigenvalue weighted by Crippen LogP contribution is -2.25. The maximum absolute atomic E-state index is 4.84. The number of pyridine rings is 1. The van der Waals surface area contributed by atoms with Crippen molar-refractivity contribution in [2.24, 2.45) is 7.05 Å². The first kappa shape index (κ1) is 14.2. The van der Waals surface area contributed by atoms with Crippen LogP contribution < -0.4 is 5.32 Å². The Kier molecular flexibility index (Phi) is 4.03. The molecule has 0 aliphatic carbocycles. The van der Waals surface area contributed by atoms with Crippen LogP contribution in [0.2, 0.25) is 0 Å². The monoisotopic (exact) mass is 344 g/mol. The SMILES string of the molecule is CCNC(c1nc2ccccc2cc1Br)c1ccnn1C. The van der Waals surface area contributed by atoms with E-state index in [0.29, 0.717) is 0 Å². The maximum Gasteiger partial charge on any atom is 0.0933 e. The molecular formula is C16H17BrN4. The number of benzene rings is 1. The molecule has 0 saturated carbocycles. The van der Waals surface area contributed by atoms with Crippen LogP contribution in [-0.4, -0.2) is 21.3 Å². The molecule has 1 N–H and O–H groups in total. The second-order valence-electron chi connectivity index (χ2n) is 4.92. The number of nitrogens with zero attached hydrogens (tertiary/aromatic N) is 3. The molecule has 0 bridgehead atoms. The molecule has 0 saturated heterocycles. The Morgan fingerprint density at radius 1 is 1.29 bits per heavy atom. The Morgan fingerprint density at radius 3 is 2.81 bits per heavy atom. The fourth-order valence-corrected chi connectivity index (χ4v) is 3.08. The van der Waals surface area contributed by atoms with Gasteiger partial charge in [0.05, 0.1) is 22.9 Å². The van der Waals surface area contributed by atoms with Crippen LogP contribution in [0.3, 0.4) is 0 Å². The summed E-state index contributed by atoms with van der Waals surface area (Å²) in [7, 11) is 1.95. The highest BCUT2D eigenvalue weighted by Gasteiger charge is 2.20. The summed E-state index contributed by atoms with van der Waals surface area (Å²) in [6.07, 6.45) is 1.81. The highest BCUT2D eigenvalue weighted by Crippen LogP contribution is 2.29. The Balaban J connectivity index is 2.15. The molecular weight excluding hydrogens is 328 g/mol. The molecule has 108 valence electrons. The van der Waals surface area contributed by atoms with Gasteiger partial charge in [-0.25, -0.2) is 4.98 Å². The van der Waals surface area contributed by atoms with Gasteiger partial charge in [0.25, 0.3) is 0 Å². The molecule has 2 heterocycles. The topological polar surface area (TPSA) is 42.7 Å². The average molecular weight is 345 g/mol. The van der Waals surface area contributed by atoms with E-state index in [9.17, 15) is 0 Å². The predicted molar refractivity (Wildman–Crippen MR) is 88.2 cm³/mol. The van der Waals surface area contributed by atoms with Gasteiger partial charge < -0.3 is 5.32 Å². The van der Waals surface area contributed by atoms with Crippen LogP contribution in [0.4, 0.5) is 0 Å². The number of fused-ring (bicyclic) bond motifs is 1. The van der Waals surface area contributed by atoms with Crippen LogP contribution in [0.1, 0.15) is 24.4 Å². The lowest BCUT2D eigenvalue weighted by molar-refractivity contribution is 0.561. The van der Waals surface area contributed by atoms with E-state index in [2.05, 4.69) is 45.4 Å². The minimum atomic E-state index is 0.0153. The van der Waals surface area contributed by atoms with Crippen LogP contribution in [0.25, 0.3) is 10.9 Å². The predicted octanol–water partition coefficient (Wildman–Crippen LogP) is 3.43. The van der Waals surface area contributed by atoms with E-state index in [1.807, 2.05) is 42.2 Å². The van der Waals surface area contributed by atoms with Gasteiger partial charge in [-0.1, -0.05) is 25.1 Å². The van der Waals surface area contributed by atoms with Gasteiger partial charge in [-0.2, -0.15) is 5.10 Å². The summed E-state index contributed by atoms with van der Waals surface area (Å²) >= 11 is 3.67. The largest absolute Gasteiger partial charge is 0.304 e. The van der Waals surface area contributed by atoms with E-state index in [0.717, 1.165) is 33.3 Å². The molecule has 3 aromatic rings. The summed E-state index contributed by atoms with van der Waals surface area (Å²) in [5.41, 5.74) is 3.08. The maximum atomic E-state index is 4.84. The minimum absolute atomic E-state index is 0.0153. The number of para-hydroxylation sites is 1. The fraction of sp³-hybridized carbons (Fsp3) is 0.250. The highest BCUT2D eigenvalue weighted by molar-refractivity contribution is 9.10. The van der Waals surface area contributed by atoms with E-state index in [4.69, 9.17) is 4.98 Å². The van der Waals surface area contributed by atoms with Crippen LogP contribution in [0, 0.1) is 0 Å². The zero-order chi connectivity index (χ0) is 14.8. The normalized spacial score (nSPS) is 12.7. The van der Waals surface area contributed by atoms with Crippen molar-refractivity contribution >= 4 is 26.8 Å². The zero-order valence-electron chi connectivity index (χ0n) is 12.0. The van der Waals surface area contributed by atoms with Gasteiger partial charge in [-0.05, 0) is 40.7 Å². The first-order valence-electron chi connectivity index (χ1n) is 6.97. The van der Waals surface area contributed by atoms with Gasteiger partial charge in [0, 0.05) is 23.1 Å². The van der Waals surface area contributed by atoms with Crippen molar-refractivity contribution in [3.8, 4) is 0 Å². The zero-order valence-corrected chi connectivity index (χ0v) is 13.6. The third-order valence-corrected chi connectivity index (χ3v) is 4.18. The van der Waals surface area contributed by atoms with Crippen LogP contribution in [0.15, 0.2) is 47.1 Å². The molecule has 1 atom stereocenters. The smallest absolute Gasteiger partial charge is 0.0933 e. The van der Waals surface area contributed by atoms with E-state index < -0.39 is 0 Å². The molecule has 2 aromatic heterocycles. The highest BCUT2D eigenvalue weighted by atomic mass is 79.9. The molecule has 0 aliphatic heterocycles. The van der Waals surface area contributed by atoms with Crippen LogP contribution in [-0.2, 0) is 7.05 Å². The number of hydrogen-bond donors (Lipinski definition) is 1. The minimum Gasteiger partial charge on any atom is -0.304 e. The molecule has 4 nitrogen and oxygen atoms in total. The summed E-state index contributed by atoms with van der Waals surface area (Å²) in [6, 6.07) is 12.3. The van der Waals surface area contributed by atoms with Crippen molar-refractivity contribution in [3.05, 3.63) is 58.5 Å². The third-order valence-electron chi connectivity index (χ3n) is 3.54. The van der Waals surface area contributed by atoms with Crippen molar-refractivity contribution in [2.75, 3.05) is 6.54 Å².